The zero-order chi connectivity index (χ0) is 20.1. The number of aromatic amines is 1. The zero-order valence-electron chi connectivity index (χ0n) is 16.4. The number of carboxylic acids is 1. The van der Waals surface area contributed by atoms with Gasteiger partial charge in [0, 0.05) is 35.5 Å². The Morgan fingerprint density at radius 3 is 2.62 bits per heavy atom. The molecular formula is C20H22N5NaO3. The number of aliphatic carboxylic acids is 1. The monoisotopic (exact) mass is 403 g/mol. The number of carbonyl (C=O) groups is 2. The van der Waals surface area contributed by atoms with Crippen LogP contribution in [0.2, 0.25) is 0 Å². The Morgan fingerprint density at radius 2 is 1.93 bits per heavy atom. The van der Waals surface area contributed by atoms with Crippen molar-refractivity contribution in [2.45, 2.75) is 25.7 Å². The molecule has 29 heavy (non-hydrogen) atoms. The van der Waals surface area contributed by atoms with Crippen LogP contribution in [0.1, 0.15) is 39.9 Å². The quantitative estimate of drug-likeness (QED) is 0.287. The van der Waals surface area contributed by atoms with Gasteiger partial charge in [-0.2, -0.15) is 4.99 Å². The van der Waals surface area contributed by atoms with Gasteiger partial charge in [0.2, 0.25) is 0 Å². The Morgan fingerprint density at radius 1 is 1.21 bits per heavy atom. The van der Waals surface area contributed by atoms with Crippen molar-refractivity contribution >= 4 is 29.4 Å². The molecule has 9 heteroatoms. The number of nitrogens with one attached hydrogen (secondary N) is 3. The van der Waals surface area contributed by atoms with E-state index in [1.54, 1.807) is 12.1 Å². The molecule has 1 aromatic carbocycles. The van der Waals surface area contributed by atoms with Gasteiger partial charge in [0.05, 0.1) is 0 Å². The molecule has 146 valence electrons. The summed E-state index contributed by atoms with van der Waals surface area (Å²) >= 11 is 0. The number of carbonyl (C=O) groups excluding carboxylic acids is 2. The van der Waals surface area contributed by atoms with Gasteiger partial charge in [0.25, 0.3) is 5.91 Å². The van der Waals surface area contributed by atoms with Crippen LogP contribution in [0, 0.1) is 0 Å². The van der Waals surface area contributed by atoms with Crippen LogP contribution in [0.4, 0.5) is 5.82 Å². The van der Waals surface area contributed by atoms with Crippen molar-refractivity contribution < 1.29 is 44.3 Å². The summed E-state index contributed by atoms with van der Waals surface area (Å²) in [6, 6.07) is 7.36. The first-order valence-electron chi connectivity index (χ1n) is 9.01. The number of nitrogens with two attached hydrogens (primary N) is 1. The van der Waals surface area contributed by atoms with E-state index >= 15 is 0 Å². The van der Waals surface area contributed by atoms with E-state index in [1.165, 1.54) is 0 Å². The van der Waals surface area contributed by atoms with E-state index in [9.17, 15) is 14.7 Å². The molecule has 0 radical (unpaired) electrons. The Hall–Kier alpha value is -2.55. The Balaban J connectivity index is 0.00000300. The average molecular weight is 403 g/mol. The minimum absolute atomic E-state index is 0. The summed E-state index contributed by atoms with van der Waals surface area (Å²) < 4.78 is 0. The number of nitrogens with zero attached hydrogens (tertiary/aromatic N) is 1. The van der Waals surface area contributed by atoms with Gasteiger partial charge < -0.3 is 31.3 Å². The normalized spacial score (nSPS) is 12.3. The minimum atomic E-state index is -1.11. The molecule has 1 aliphatic heterocycles. The summed E-state index contributed by atoms with van der Waals surface area (Å²) in [5.41, 5.74) is 10.1. The molecule has 8 nitrogen and oxygen atoms in total. The van der Waals surface area contributed by atoms with Crippen LogP contribution < -0.4 is 51.0 Å². The fraction of sp³-hybridized carbons (Fsp3) is 0.250. The molecule has 1 amide bonds. The molecule has 0 aliphatic carbocycles. The van der Waals surface area contributed by atoms with E-state index < -0.39 is 5.97 Å². The maximum atomic E-state index is 12.1. The molecule has 0 unspecified atom stereocenters. The number of fused-ring (bicyclic) bond motifs is 1. The van der Waals surface area contributed by atoms with E-state index in [4.69, 9.17) is 5.73 Å². The van der Waals surface area contributed by atoms with E-state index in [0.29, 0.717) is 30.3 Å². The zero-order valence-corrected chi connectivity index (χ0v) is 18.4. The molecule has 2 aromatic rings. The van der Waals surface area contributed by atoms with Crippen LogP contribution in [-0.4, -0.2) is 29.4 Å². The van der Waals surface area contributed by atoms with Crippen molar-refractivity contribution in [1.29, 1.82) is 0 Å². The number of aromatic nitrogens is 1. The van der Waals surface area contributed by atoms with Gasteiger partial charge in [-0.1, -0.05) is 18.7 Å². The van der Waals surface area contributed by atoms with Gasteiger partial charge in [-0.15, -0.1) is 0 Å². The molecule has 1 aromatic heterocycles. The topological polar surface area (TPSA) is 135 Å². The molecule has 0 bridgehead atoms. The third-order valence-corrected chi connectivity index (χ3v) is 4.50. The van der Waals surface area contributed by atoms with Crippen LogP contribution in [0.3, 0.4) is 0 Å². The number of rotatable bonds is 8. The second-order valence-electron chi connectivity index (χ2n) is 6.57. The molecule has 0 spiro atoms. The summed E-state index contributed by atoms with van der Waals surface area (Å²) in [5.74, 6) is -0.305. The van der Waals surface area contributed by atoms with Gasteiger partial charge in [-0.25, -0.2) is 0 Å². The Bertz CT molecular complexity index is 934. The predicted molar refractivity (Wildman–Crippen MR) is 105 cm³/mol. The predicted octanol–water partition coefficient (Wildman–Crippen LogP) is -2.42. The number of guanidine groups is 1. The molecule has 3 rings (SSSR count). The Kier molecular flexibility index (Phi) is 8.07. The number of benzene rings is 1. The molecule has 1 aliphatic rings. The number of hydrogen-bond donors (Lipinski definition) is 4. The van der Waals surface area contributed by atoms with Gasteiger partial charge in [-0.3, -0.25) is 4.79 Å². The average Bonchev–Trinajstić information content (AvgIpc) is 3.06. The molecular weight excluding hydrogens is 381 g/mol. The number of aliphatic imine (C=N–C) groups is 1. The van der Waals surface area contributed by atoms with Gasteiger partial charge in [0.1, 0.15) is 5.82 Å². The fourth-order valence-corrected chi connectivity index (χ4v) is 3.08. The van der Waals surface area contributed by atoms with Crippen molar-refractivity contribution in [3.8, 4) is 0 Å². The summed E-state index contributed by atoms with van der Waals surface area (Å²) in [5, 5.41) is 16.0. The van der Waals surface area contributed by atoms with Crippen LogP contribution in [0.25, 0.3) is 5.70 Å². The fourth-order valence-electron chi connectivity index (χ4n) is 3.08. The van der Waals surface area contributed by atoms with E-state index in [1.807, 2.05) is 18.3 Å². The summed E-state index contributed by atoms with van der Waals surface area (Å²) in [7, 11) is 0. The summed E-state index contributed by atoms with van der Waals surface area (Å²) in [4.78, 5) is 29.8. The van der Waals surface area contributed by atoms with Crippen LogP contribution in [0.5, 0.6) is 0 Å². The second-order valence-corrected chi connectivity index (χ2v) is 6.57. The maximum absolute atomic E-state index is 12.1. The third kappa shape index (κ3) is 5.96. The third-order valence-electron chi connectivity index (χ3n) is 4.50. The molecule has 5 N–H and O–H groups in total. The van der Waals surface area contributed by atoms with E-state index in [-0.39, 0.29) is 41.9 Å². The SMILES string of the molecule is C=C1NC(N)=Nc2[nH]cc(CCc3ccc(C(=O)NCCCC(=O)[O-])cc3)c21.[Na+]. The van der Waals surface area contributed by atoms with E-state index in [2.05, 4.69) is 27.2 Å². The molecule has 0 saturated carbocycles. The maximum Gasteiger partial charge on any atom is 1.00 e. The standard InChI is InChI=1S/C20H23N5O3.Na/c1-12-17-15(11-23-18(17)25-20(21)24-12)9-6-13-4-7-14(8-5-13)19(28)22-10-2-3-16(26)27;/h4-5,7-8,11,23H,1-3,6,9-10H2,(H,22,28)(H,26,27)(H3,21,24,25);/q;+1/p-1. The van der Waals surface area contributed by atoms with Gasteiger partial charge >= 0.3 is 29.6 Å². The van der Waals surface area contributed by atoms with Gasteiger partial charge in [0.15, 0.2) is 5.96 Å². The number of aryl methyl sites for hydroxylation is 2. The van der Waals surface area contributed by atoms with Crippen molar-refractivity contribution in [1.82, 2.24) is 15.6 Å². The molecule has 0 atom stereocenters. The van der Waals surface area contributed by atoms with Crippen LogP contribution >= 0.6 is 0 Å². The first-order valence-corrected chi connectivity index (χ1v) is 9.01. The van der Waals surface area contributed by atoms with Crippen LogP contribution in [-0.2, 0) is 17.6 Å². The summed E-state index contributed by atoms with van der Waals surface area (Å²) in [6.07, 6.45) is 3.78. The second kappa shape index (κ2) is 10.3. The minimum Gasteiger partial charge on any atom is -0.550 e. The first-order chi connectivity index (χ1) is 13.4. The van der Waals surface area contributed by atoms with Crippen molar-refractivity contribution in [2.24, 2.45) is 10.7 Å². The molecule has 0 saturated heterocycles. The smallest absolute Gasteiger partial charge is 0.550 e. The van der Waals surface area contributed by atoms with Gasteiger partial charge in [-0.05, 0) is 48.9 Å². The van der Waals surface area contributed by atoms with Crippen molar-refractivity contribution in [3.63, 3.8) is 0 Å². The van der Waals surface area contributed by atoms with E-state index in [0.717, 1.165) is 35.2 Å². The number of H-pyrrole nitrogens is 1. The first kappa shape index (κ1) is 22.7. The molecule has 2 heterocycles. The number of hydrogen-bond acceptors (Lipinski definition) is 6. The van der Waals surface area contributed by atoms with Crippen LogP contribution in [0.15, 0.2) is 42.0 Å². The number of amides is 1. The van der Waals surface area contributed by atoms with Crippen molar-refractivity contribution in [2.75, 3.05) is 6.54 Å². The summed E-state index contributed by atoms with van der Waals surface area (Å²) in [6.45, 7) is 4.30. The van der Waals surface area contributed by atoms with Crippen molar-refractivity contribution in [3.05, 3.63) is 59.3 Å². The largest absolute Gasteiger partial charge is 1.00 e. The Labute approximate surface area is 191 Å². The number of carboxylic acid groups (broad SMARTS) is 1. The molecule has 0 fully saturated rings.